The molecular weight excluding hydrogens is 199 g/mol. The van der Waals surface area contributed by atoms with Crippen molar-refractivity contribution in [1.29, 1.82) is 0 Å². The van der Waals surface area contributed by atoms with Crippen LogP contribution >= 0.6 is 0 Å². The van der Waals surface area contributed by atoms with Crippen molar-refractivity contribution < 1.29 is 9.18 Å². The highest BCUT2D eigenvalue weighted by Crippen LogP contribution is 2.01. The second kappa shape index (κ2) is 5.71. The van der Waals surface area contributed by atoms with Crippen LogP contribution in [-0.2, 0) is 11.3 Å². The minimum atomic E-state index is -0.499. The van der Waals surface area contributed by atoms with Gasteiger partial charge in [-0.3, -0.25) is 10.2 Å². The van der Waals surface area contributed by atoms with Gasteiger partial charge in [-0.1, -0.05) is 12.1 Å². The molecule has 0 aromatic heterocycles. The minimum absolute atomic E-state index is 0.287. The molecule has 1 aromatic rings. The number of nitrogens with one attached hydrogen (secondary N) is 2. The molecule has 0 unspecified atom stereocenters. The highest BCUT2D eigenvalue weighted by atomic mass is 19.1. The van der Waals surface area contributed by atoms with Gasteiger partial charge in [0.05, 0.1) is 6.54 Å². The van der Waals surface area contributed by atoms with Crippen molar-refractivity contribution in [2.45, 2.75) is 6.54 Å². The Kier molecular flexibility index (Phi) is 4.24. The molecule has 4 N–H and O–H groups in total. The fourth-order valence-electron chi connectivity index (χ4n) is 0.881. The molecule has 0 aliphatic carbocycles. The van der Waals surface area contributed by atoms with Crippen LogP contribution in [0.3, 0.4) is 0 Å². The largest absolute Gasteiger partial charge is 0.305 e. The zero-order valence-corrected chi connectivity index (χ0v) is 7.90. The van der Waals surface area contributed by atoms with Crippen LogP contribution in [0.1, 0.15) is 5.56 Å². The normalized spacial score (nSPS) is 10.3. The molecule has 15 heavy (non-hydrogen) atoms. The molecule has 0 aliphatic rings. The van der Waals surface area contributed by atoms with Crippen molar-refractivity contribution in [2.24, 2.45) is 10.9 Å². The topological polar surface area (TPSA) is 79.5 Å². The molecule has 80 valence electrons. The predicted molar refractivity (Wildman–Crippen MR) is 54.1 cm³/mol. The third-order valence-corrected chi connectivity index (χ3v) is 1.61. The molecule has 0 saturated heterocycles. The summed E-state index contributed by atoms with van der Waals surface area (Å²) >= 11 is 0. The second-order valence-corrected chi connectivity index (χ2v) is 2.73. The molecule has 0 bridgehead atoms. The first-order valence-electron chi connectivity index (χ1n) is 4.23. The lowest BCUT2D eigenvalue weighted by Gasteiger charge is -1.99. The van der Waals surface area contributed by atoms with E-state index in [0.717, 1.165) is 11.8 Å². The number of hydrazone groups is 1. The standard InChI is InChI=1S/C9H11FN4O/c10-8-3-1-7(2-4-8)5-12-13-6-9(15)14-11/h1-4,6,12H,5,11H2,(H,14,15)/b13-6+. The van der Waals surface area contributed by atoms with Gasteiger partial charge >= 0.3 is 0 Å². The Hall–Kier alpha value is -1.95. The Morgan fingerprint density at radius 3 is 2.73 bits per heavy atom. The highest BCUT2D eigenvalue weighted by molar-refractivity contribution is 6.25. The molecule has 0 atom stereocenters. The van der Waals surface area contributed by atoms with Crippen LogP contribution in [0.4, 0.5) is 4.39 Å². The van der Waals surface area contributed by atoms with E-state index in [1.54, 1.807) is 12.1 Å². The Bertz CT molecular complexity index is 350. The van der Waals surface area contributed by atoms with Gasteiger partial charge in [0.25, 0.3) is 5.91 Å². The SMILES string of the molecule is NNC(=O)/C=N/NCc1ccc(F)cc1. The van der Waals surface area contributed by atoms with E-state index in [1.165, 1.54) is 12.1 Å². The third kappa shape index (κ3) is 4.19. The van der Waals surface area contributed by atoms with E-state index < -0.39 is 5.91 Å². The van der Waals surface area contributed by atoms with Gasteiger partial charge < -0.3 is 5.43 Å². The van der Waals surface area contributed by atoms with E-state index in [-0.39, 0.29) is 5.82 Å². The molecule has 1 rings (SSSR count). The van der Waals surface area contributed by atoms with Crippen molar-refractivity contribution in [3.8, 4) is 0 Å². The number of hydrazine groups is 1. The number of nitrogens with two attached hydrogens (primary N) is 1. The number of amides is 1. The maximum absolute atomic E-state index is 12.5. The van der Waals surface area contributed by atoms with Gasteiger partial charge in [-0.2, -0.15) is 5.10 Å². The molecule has 0 aliphatic heterocycles. The zero-order chi connectivity index (χ0) is 11.1. The third-order valence-electron chi connectivity index (χ3n) is 1.61. The van der Waals surface area contributed by atoms with E-state index >= 15 is 0 Å². The quantitative estimate of drug-likeness (QED) is 0.281. The number of nitrogens with zero attached hydrogens (tertiary/aromatic N) is 1. The summed E-state index contributed by atoms with van der Waals surface area (Å²) in [6.45, 7) is 0.411. The first-order valence-corrected chi connectivity index (χ1v) is 4.23. The van der Waals surface area contributed by atoms with Gasteiger partial charge in [-0.25, -0.2) is 10.2 Å². The summed E-state index contributed by atoms with van der Waals surface area (Å²) in [4.78, 5) is 10.6. The van der Waals surface area contributed by atoms with Crippen molar-refractivity contribution in [3.63, 3.8) is 0 Å². The number of carbonyl (C=O) groups is 1. The molecule has 0 saturated carbocycles. The average molecular weight is 210 g/mol. The van der Waals surface area contributed by atoms with Crippen LogP contribution in [0.15, 0.2) is 29.4 Å². The summed E-state index contributed by atoms with van der Waals surface area (Å²) in [6.07, 6.45) is 1.02. The number of carbonyl (C=O) groups excluding carboxylic acids is 1. The second-order valence-electron chi connectivity index (χ2n) is 2.73. The fourth-order valence-corrected chi connectivity index (χ4v) is 0.881. The summed E-state index contributed by atoms with van der Waals surface area (Å²) in [6, 6.07) is 5.96. The number of rotatable bonds is 4. The molecule has 0 spiro atoms. The molecular formula is C9H11FN4O. The summed E-state index contributed by atoms with van der Waals surface area (Å²) < 4.78 is 12.5. The summed E-state index contributed by atoms with van der Waals surface area (Å²) in [5.41, 5.74) is 5.37. The van der Waals surface area contributed by atoms with Gasteiger partial charge in [0.1, 0.15) is 12.0 Å². The van der Waals surface area contributed by atoms with Crippen LogP contribution in [0.25, 0.3) is 0 Å². The van der Waals surface area contributed by atoms with E-state index in [9.17, 15) is 9.18 Å². The number of benzene rings is 1. The lowest BCUT2D eigenvalue weighted by molar-refractivity contribution is -0.114. The molecule has 6 heteroatoms. The van der Waals surface area contributed by atoms with Crippen LogP contribution in [0.5, 0.6) is 0 Å². The van der Waals surface area contributed by atoms with Crippen molar-refractivity contribution in [1.82, 2.24) is 10.9 Å². The van der Waals surface area contributed by atoms with E-state index in [2.05, 4.69) is 10.5 Å². The molecule has 1 amide bonds. The van der Waals surface area contributed by atoms with Crippen LogP contribution in [0, 0.1) is 5.82 Å². The van der Waals surface area contributed by atoms with E-state index in [0.29, 0.717) is 6.54 Å². The minimum Gasteiger partial charge on any atom is -0.305 e. The van der Waals surface area contributed by atoms with Crippen LogP contribution in [-0.4, -0.2) is 12.1 Å². The molecule has 0 radical (unpaired) electrons. The Morgan fingerprint density at radius 2 is 2.13 bits per heavy atom. The fraction of sp³-hybridized carbons (Fsp3) is 0.111. The van der Waals surface area contributed by atoms with Crippen LogP contribution in [0.2, 0.25) is 0 Å². The van der Waals surface area contributed by atoms with Gasteiger partial charge in [0, 0.05) is 0 Å². The summed E-state index contributed by atoms with van der Waals surface area (Å²) in [5, 5.41) is 3.60. The van der Waals surface area contributed by atoms with Gasteiger partial charge in [0.15, 0.2) is 0 Å². The maximum Gasteiger partial charge on any atom is 0.278 e. The maximum atomic E-state index is 12.5. The van der Waals surface area contributed by atoms with Crippen LogP contribution < -0.4 is 16.7 Å². The Labute approximate surface area is 86.1 Å². The first kappa shape index (κ1) is 11.1. The Balaban J connectivity index is 2.35. The summed E-state index contributed by atoms with van der Waals surface area (Å²) in [7, 11) is 0. The molecule has 1 aromatic carbocycles. The van der Waals surface area contributed by atoms with E-state index in [4.69, 9.17) is 5.84 Å². The van der Waals surface area contributed by atoms with Gasteiger partial charge in [-0.15, -0.1) is 0 Å². The highest BCUT2D eigenvalue weighted by Gasteiger charge is 1.92. The van der Waals surface area contributed by atoms with Crippen molar-refractivity contribution >= 4 is 12.1 Å². The lowest BCUT2D eigenvalue weighted by Crippen LogP contribution is -2.31. The van der Waals surface area contributed by atoms with Gasteiger partial charge in [-0.05, 0) is 17.7 Å². The molecule has 5 nitrogen and oxygen atoms in total. The number of hydrogen-bond donors (Lipinski definition) is 3. The smallest absolute Gasteiger partial charge is 0.278 e. The lowest BCUT2D eigenvalue weighted by atomic mass is 10.2. The number of halogens is 1. The zero-order valence-electron chi connectivity index (χ0n) is 7.90. The Morgan fingerprint density at radius 1 is 1.47 bits per heavy atom. The molecule has 0 heterocycles. The summed E-state index contributed by atoms with van der Waals surface area (Å²) in [5.74, 6) is 4.04. The molecule has 0 fully saturated rings. The monoisotopic (exact) mass is 210 g/mol. The predicted octanol–water partition coefficient (Wildman–Crippen LogP) is -0.109. The first-order chi connectivity index (χ1) is 7.22. The van der Waals surface area contributed by atoms with E-state index in [1.807, 2.05) is 5.43 Å². The van der Waals surface area contributed by atoms with Gasteiger partial charge in [0.2, 0.25) is 0 Å². The van der Waals surface area contributed by atoms with Crippen molar-refractivity contribution in [3.05, 3.63) is 35.6 Å². The van der Waals surface area contributed by atoms with Crippen molar-refractivity contribution in [2.75, 3.05) is 0 Å². The average Bonchev–Trinajstić information content (AvgIpc) is 2.26. The number of hydrogen-bond acceptors (Lipinski definition) is 4.